The Hall–Kier alpha value is -1.01. The SMILES string of the molecule is CCCc1cc(B(O)O)cc(C(F)(F)F)c1. The molecule has 1 aromatic rings. The van der Waals surface area contributed by atoms with Gasteiger partial charge in [-0.15, -0.1) is 0 Å². The Morgan fingerprint density at radius 3 is 2.25 bits per heavy atom. The molecule has 0 atom stereocenters. The minimum atomic E-state index is -4.46. The summed E-state index contributed by atoms with van der Waals surface area (Å²) < 4.78 is 37.5. The standard InChI is InChI=1S/C10H12BF3O2/c1-2-3-7-4-8(10(12,13)14)6-9(5-7)11(15)16/h4-6,15-16H,2-3H2,1H3. The van der Waals surface area contributed by atoms with Crippen LogP contribution in [-0.4, -0.2) is 17.2 Å². The van der Waals surface area contributed by atoms with Crippen LogP contribution in [0.25, 0.3) is 0 Å². The second-order valence-corrected chi connectivity index (χ2v) is 3.58. The van der Waals surface area contributed by atoms with Gasteiger partial charge in [0.1, 0.15) is 0 Å². The first kappa shape index (κ1) is 13.1. The molecule has 0 amide bonds. The van der Waals surface area contributed by atoms with Gasteiger partial charge >= 0.3 is 13.3 Å². The van der Waals surface area contributed by atoms with Gasteiger partial charge in [0.2, 0.25) is 0 Å². The van der Waals surface area contributed by atoms with E-state index in [9.17, 15) is 13.2 Å². The molecule has 1 rings (SSSR count). The summed E-state index contributed by atoms with van der Waals surface area (Å²) in [5.74, 6) is 0. The monoisotopic (exact) mass is 232 g/mol. The quantitative estimate of drug-likeness (QED) is 0.772. The van der Waals surface area contributed by atoms with E-state index in [0.29, 0.717) is 18.4 Å². The van der Waals surface area contributed by atoms with Crippen LogP contribution in [0.15, 0.2) is 18.2 Å². The lowest BCUT2D eigenvalue weighted by Crippen LogP contribution is -2.31. The summed E-state index contributed by atoms with van der Waals surface area (Å²) in [5, 5.41) is 17.8. The lowest BCUT2D eigenvalue weighted by molar-refractivity contribution is -0.137. The highest BCUT2D eigenvalue weighted by molar-refractivity contribution is 6.58. The van der Waals surface area contributed by atoms with E-state index in [1.54, 1.807) is 0 Å². The minimum absolute atomic E-state index is 0.127. The first-order valence-electron chi connectivity index (χ1n) is 4.91. The first-order chi connectivity index (χ1) is 7.34. The van der Waals surface area contributed by atoms with Gasteiger partial charge < -0.3 is 10.0 Å². The highest BCUT2D eigenvalue weighted by atomic mass is 19.4. The number of rotatable bonds is 3. The molecule has 2 N–H and O–H groups in total. The number of aryl methyl sites for hydroxylation is 1. The first-order valence-corrected chi connectivity index (χ1v) is 4.91. The van der Waals surface area contributed by atoms with Crippen molar-refractivity contribution in [1.29, 1.82) is 0 Å². The Bertz CT molecular complexity index is 364. The molecule has 6 heteroatoms. The molecular weight excluding hydrogens is 220 g/mol. The second kappa shape index (κ2) is 4.89. The molecule has 0 bridgehead atoms. The molecule has 0 heterocycles. The van der Waals surface area contributed by atoms with Crippen LogP contribution in [-0.2, 0) is 12.6 Å². The van der Waals surface area contributed by atoms with Gasteiger partial charge in [0.25, 0.3) is 0 Å². The van der Waals surface area contributed by atoms with Crippen molar-refractivity contribution in [2.45, 2.75) is 25.9 Å². The van der Waals surface area contributed by atoms with Crippen LogP contribution in [0.5, 0.6) is 0 Å². The Kier molecular flexibility index (Phi) is 3.99. The van der Waals surface area contributed by atoms with E-state index in [0.717, 1.165) is 12.1 Å². The fourth-order valence-corrected chi connectivity index (χ4v) is 1.46. The van der Waals surface area contributed by atoms with Crippen LogP contribution in [0.3, 0.4) is 0 Å². The molecule has 16 heavy (non-hydrogen) atoms. The summed E-state index contributed by atoms with van der Waals surface area (Å²) in [4.78, 5) is 0. The minimum Gasteiger partial charge on any atom is -0.423 e. The van der Waals surface area contributed by atoms with Gasteiger partial charge in [-0.2, -0.15) is 13.2 Å². The third kappa shape index (κ3) is 3.25. The van der Waals surface area contributed by atoms with Crippen molar-refractivity contribution in [1.82, 2.24) is 0 Å². The summed E-state index contributed by atoms with van der Waals surface area (Å²) in [5.41, 5.74) is -0.514. The number of hydrogen-bond acceptors (Lipinski definition) is 2. The van der Waals surface area contributed by atoms with E-state index in [1.807, 2.05) is 6.92 Å². The Morgan fingerprint density at radius 1 is 1.19 bits per heavy atom. The predicted molar refractivity (Wildman–Crippen MR) is 55.3 cm³/mol. The van der Waals surface area contributed by atoms with Gasteiger partial charge in [-0.3, -0.25) is 0 Å². The van der Waals surface area contributed by atoms with Gasteiger partial charge in [-0.05, 0) is 23.5 Å². The summed E-state index contributed by atoms with van der Waals surface area (Å²) in [6.07, 6.45) is -3.29. The van der Waals surface area contributed by atoms with E-state index < -0.39 is 18.9 Å². The zero-order valence-electron chi connectivity index (χ0n) is 8.75. The summed E-state index contributed by atoms with van der Waals surface area (Å²) in [7, 11) is -1.88. The highest BCUT2D eigenvalue weighted by Gasteiger charge is 2.32. The molecule has 0 unspecified atom stereocenters. The van der Waals surface area contributed by atoms with Gasteiger partial charge in [-0.25, -0.2) is 0 Å². The molecule has 1 aromatic carbocycles. The molecule has 0 aliphatic carbocycles. The zero-order chi connectivity index (χ0) is 12.3. The van der Waals surface area contributed by atoms with Gasteiger partial charge in [0, 0.05) is 0 Å². The molecule has 0 aliphatic heterocycles. The summed E-state index contributed by atoms with van der Waals surface area (Å²) in [6, 6.07) is 3.17. The van der Waals surface area contributed by atoms with E-state index in [4.69, 9.17) is 10.0 Å². The highest BCUT2D eigenvalue weighted by Crippen LogP contribution is 2.29. The van der Waals surface area contributed by atoms with Crippen molar-refractivity contribution in [3.05, 3.63) is 29.3 Å². The smallest absolute Gasteiger partial charge is 0.423 e. The maximum Gasteiger partial charge on any atom is 0.488 e. The maximum absolute atomic E-state index is 12.5. The van der Waals surface area contributed by atoms with Gasteiger partial charge in [-0.1, -0.05) is 25.5 Å². The molecule has 0 saturated heterocycles. The Morgan fingerprint density at radius 2 is 1.81 bits per heavy atom. The number of alkyl halides is 3. The third-order valence-corrected chi connectivity index (χ3v) is 2.18. The molecule has 0 fully saturated rings. The van der Waals surface area contributed by atoms with Crippen molar-refractivity contribution in [3.8, 4) is 0 Å². The van der Waals surface area contributed by atoms with Crippen LogP contribution in [0, 0.1) is 0 Å². The Balaban J connectivity index is 3.19. The predicted octanol–water partition coefficient (Wildman–Crippen LogP) is 1.34. The average Bonchev–Trinajstić information content (AvgIpc) is 2.16. The largest absolute Gasteiger partial charge is 0.488 e. The van der Waals surface area contributed by atoms with Crippen LogP contribution < -0.4 is 5.46 Å². The summed E-state index contributed by atoms with van der Waals surface area (Å²) >= 11 is 0. The van der Waals surface area contributed by atoms with Gasteiger partial charge in [0.05, 0.1) is 5.56 Å². The normalized spacial score (nSPS) is 11.6. The molecule has 0 radical (unpaired) electrons. The third-order valence-electron chi connectivity index (χ3n) is 2.18. The molecule has 0 aromatic heterocycles. The second-order valence-electron chi connectivity index (χ2n) is 3.58. The van der Waals surface area contributed by atoms with Crippen LogP contribution in [0.1, 0.15) is 24.5 Å². The molecule has 2 nitrogen and oxygen atoms in total. The van der Waals surface area contributed by atoms with Crippen molar-refractivity contribution >= 4 is 12.6 Å². The zero-order valence-corrected chi connectivity index (χ0v) is 8.75. The number of halogens is 3. The lowest BCUT2D eigenvalue weighted by Gasteiger charge is -2.11. The molecular formula is C10H12BF3O2. The van der Waals surface area contributed by atoms with Crippen molar-refractivity contribution in [2.24, 2.45) is 0 Å². The van der Waals surface area contributed by atoms with E-state index in [1.165, 1.54) is 6.07 Å². The average molecular weight is 232 g/mol. The van der Waals surface area contributed by atoms with Crippen LogP contribution in [0.4, 0.5) is 13.2 Å². The topological polar surface area (TPSA) is 40.5 Å². The van der Waals surface area contributed by atoms with E-state index in [-0.39, 0.29) is 5.46 Å². The van der Waals surface area contributed by atoms with E-state index in [2.05, 4.69) is 0 Å². The molecule has 0 saturated carbocycles. The fraction of sp³-hybridized carbons (Fsp3) is 0.400. The fourth-order valence-electron chi connectivity index (χ4n) is 1.46. The van der Waals surface area contributed by atoms with Crippen LogP contribution in [0.2, 0.25) is 0 Å². The molecule has 88 valence electrons. The van der Waals surface area contributed by atoms with Crippen molar-refractivity contribution in [3.63, 3.8) is 0 Å². The lowest BCUT2D eigenvalue weighted by atomic mass is 9.78. The van der Waals surface area contributed by atoms with Gasteiger partial charge in [0.15, 0.2) is 0 Å². The van der Waals surface area contributed by atoms with Crippen LogP contribution >= 0.6 is 0 Å². The van der Waals surface area contributed by atoms with Crippen molar-refractivity contribution < 1.29 is 23.2 Å². The Labute approximate surface area is 91.9 Å². The van der Waals surface area contributed by atoms with E-state index >= 15 is 0 Å². The molecule has 0 aliphatic rings. The molecule has 0 spiro atoms. The number of benzene rings is 1. The summed E-state index contributed by atoms with van der Waals surface area (Å²) in [6.45, 7) is 1.84. The van der Waals surface area contributed by atoms with Crippen molar-refractivity contribution in [2.75, 3.05) is 0 Å². The maximum atomic E-state index is 12.5. The number of hydrogen-bond donors (Lipinski definition) is 2.